The zero-order chi connectivity index (χ0) is 22.2. The van der Waals surface area contributed by atoms with Crippen molar-refractivity contribution in [3.05, 3.63) is 64.6 Å². The zero-order valence-electron chi connectivity index (χ0n) is 17.4. The molecule has 2 aromatic rings. The minimum Gasteiger partial charge on any atom is -0.497 e. The molecule has 0 bridgehead atoms. The molecule has 1 heterocycles. The third-order valence-electron chi connectivity index (χ3n) is 4.65. The maximum Gasteiger partial charge on any atom is 0.293 e. The summed E-state index contributed by atoms with van der Waals surface area (Å²) in [5, 5.41) is 2.31. The molecule has 0 atom stereocenters. The molecule has 0 radical (unpaired) electrons. The van der Waals surface area contributed by atoms with Gasteiger partial charge in [-0.25, -0.2) is 0 Å². The lowest BCUT2D eigenvalue weighted by molar-refractivity contribution is -0.125. The number of thioether (sulfide) groups is 1. The maximum atomic E-state index is 12.5. The van der Waals surface area contributed by atoms with Crippen molar-refractivity contribution in [1.29, 1.82) is 0 Å². The Bertz CT molecular complexity index is 970. The Morgan fingerprint density at radius 3 is 2.39 bits per heavy atom. The van der Waals surface area contributed by atoms with E-state index in [0.717, 1.165) is 28.6 Å². The first kappa shape index (κ1) is 22.4. The molecule has 1 N–H and O–H groups in total. The number of methoxy groups -OCH3 is 1. The molecule has 7 nitrogen and oxygen atoms in total. The van der Waals surface area contributed by atoms with E-state index in [1.54, 1.807) is 25.3 Å². The quantitative estimate of drug-likeness (QED) is 0.601. The number of imide groups is 1. The van der Waals surface area contributed by atoms with Gasteiger partial charge in [0.2, 0.25) is 0 Å². The molecule has 3 amide bonds. The summed E-state index contributed by atoms with van der Waals surface area (Å²) < 4.78 is 10.6. The van der Waals surface area contributed by atoms with Gasteiger partial charge in [0.1, 0.15) is 11.5 Å². The highest BCUT2D eigenvalue weighted by Crippen LogP contribution is 2.32. The Morgan fingerprint density at radius 2 is 1.74 bits per heavy atom. The van der Waals surface area contributed by atoms with Crippen molar-refractivity contribution in [1.82, 2.24) is 10.2 Å². The van der Waals surface area contributed by atoms with Gasteiger partial charge in [0.25, 0.3) is 17.1 Å². The number of benzene rings is 2. The molecule has 31 heavy (non-hydrogen) atoms. The van der Waals surface area contributed by atoms with Gasteiger partial charge >= 0.3 is 0 Å². The molecule has 0 saturated carbocycles. The molecule has 0 aromatic heterocycles. The highest BCUT2D eigenvalue weighted by molar-refractivity contribution is 8.18. The first-order valence-corrected chi connectivity index (χ1v) is 10.7. The minimum absolute atomic E-state index is 0.0988. The number of hydrogen-bond acceptors (Lipinski definition) is 6. The van der Waals surface area contributed by atoms with Gasteiger partial charge in [0.15, 0.2) is 6.61 Å². The van der Waals surface area contributed by atoms with Crippen LogP contribution in [0.4, 0.5) is 4.79 Å². The highest BCUT2D eigenvalue weighted by Gasteiger charge is 2.34. The van der Waals surface area contributed by atoms with E-state index in [9.17, 15) is 14.4 Å². The lowest BCUT2D eigenvalue weighted by atomic mass is 10.2. The summed E-state index contributed by atoms with van der Waals surface area (Å²) in [5.74, 6) is 0.637. The number of hydrogen-bond donors (Lipinski definition) is 1. The summed E-state index contributed by atoms with van der Waals surface area (Å²) in [6.45, 7) is 2.19. The van der Waals surface area contributed by atoms with Crippen LogP contribution in [0.5, 0.6) is 11.5 Å². The average molecular weight is 441 g/mol. The van der Waals surface area contributed by atoms with E-state index < -0.39 is 0 Å². The van der Waals surface area contributed by atoms with E-state index in [2.05, 4.69) is 12.2 Å². The third-order valence-corrected chi connectivity index (χ3v) is 5.55. The van der Waals surface area contributed by atoms with Crippen LogP contribution in [0.1, 0.15) is 18.1 Å². The smallest absolute Gasteiger partial charge is 0.293 e. The van der Waals surface area contributed by atoms with Gasteiger partial charge in [-0.1, -0.05) is 31.2 Å². The van der Waals surface area contributed by atoms with E-state index in [4.69, 9.17) is 9.47 Å². The number of amides is 3. The van der Waals surface area contributed by atoms with Gasteiger partial charge in [-0.05, 0) is 59.7 Å². The van der Waals surface area contributed by atoms with Crippen molar-refractivity contribution in [2.24, 2.45) is 0 Å². The van der Waals surface area contributed by atoms with Crippen LogP contribution in [0.15, 0.2) is 53.4 Å². The molecule has 1 aliphatic rings. The monoisotopic (exact) mass is 440 g/mol. The second-order valence-electron chi connectivity index (χ2n) is 6.74. The summed E-state index contributed by atoms with van der Waals surface area (Å²) in [6.07, 6.45) is 2.60. The summed E-state index contributed by atoms with van der Waals surface area (Å²) >= 11 is 0.886. The Labute approximate surface area is 185 Å². The molecule has 162 valence electrons. The van der Waals surface area contributed by atoms with Crippen molar-refractivity contribution in [2.45, 2.75) is 13.3 Å². The van der Waals surface area contributed by atoms with Gasteiger partial charge < -0.3 is 14.8 Å². The predicted octanol–water partition coefficient (Wildman–Crippen LogP) is 3.49. The Balaban J connectivity index is 1.46. The van der Waals surface area contributed by atoms with Gasteiger partial charge in [-0.15, -0.1) is 0 Å². The second-order valence-corrected chi connectivity index (χ2v) is 7.74. The molecule has 0 aliphatic carbocycles. The fourth-order valence-electron chi connectivity index (χ4n) is 2.87. The first-order chi connectivity index (χ1) is 15.0. The number of carbonyl (C=O) groups excluding carboxylic acids is 3. The van der Waals surface area contributed by atoms with Crippen molar-refractivity contribution in [3.8, 4) is 11.5 Å². The Morgan fingerprint density at radius 1 is 1.06 bits per heavy atom. The average Bonchev–Trinajstić information content (AvgIpc) is 3.05. The molecule has 2 aromatic carbocycles. The normalized spacial score (nSPS) is 14.8. The summed E-state index contributed by atoms with van der Waals surface area (Å²) in [6, 6.07) is 14.7. The van der Waals surface area contributed by atoms with Gasteiger partial charge in [0, 0.05) is 13.1 Å². The van der Waals surface area contributed by atoms with E-state index >= 15 is 0 Å². The number of carbonyl (C=O) groups is 3. The number of ether oxygens (including phenoxy) is 2. The Hall–Kier alpha value is -3.26. The first-order valence-electron chi connectivity index (χ1n) is 9.88. The minimum atomic E-state index is -0.368. The largest absolute Gasteiger partial charge is 0.497 e. The molecule has 0 spiro atoms. The van der Waals surface area contributed by atoms with E-state index in [1.807, 2.05) is 36.4 Å². The summed E-state index contributed by atoms with van der Waals surface area (Å²) in [4.78, 5) is 38.2. The second kappa shape index (κ2) is 10.7. The number of nitrogens with one attached hydrogen (secondary N) is 1. The Kier molecular flexibility index (Phi) is 7.72. The molecule has 3 rings (SSSR count). The van der Waals surface area contributed by atoms with Crippen molar-refractivity contribution < 1.29 is 23.9 Å². The highest BCUT2D eigenvalue weighted by atomic mass is 32.2. The van der Waals surface area contributed by atoms with Crippen molar-refractivity contribution in [2.75, 3.05) is 26.8 Å². The third kappa shape index (κ3) is 6.11. The fourth-order valence-corrected chi connectivity index (χ4v) is 3.74. The van der Waals surface area contributed by atoms with Crippen molar-refractivity contribution >= 4 is 34.9 Å². The summed E-state index contributed by atoms with van der Waals surface area (Å²) in [7, 11) is 1.58. The standard InChI is InChI=1S/C23H24N2O5S/c1-3-16-4-10-19(11-5-16)30-15-21(26)24-12-13-25-22(27)20(31-23(25)28)14-17-6-8-18(29-2)9-7-17/h4-11,14H,3,12-13,15H2,1-2H3,(H,24,26)/b20-14+. The van der Waals surface area contributed by atoms with Crippen LogP contribution in [0.25, 0.3) is 6.08 Å². The molecule has 8 heteroatoms. The van der Waals surface area contributed by atoms with Crippen LogP contribution in [-0.2, 0) is 16.0 Å². The fraction of sp³-hybridized carbons (Fsp3) is 0.261. The molecular formula is C23H24N2O5S. The number of aryl methyl sites for hydroxylation is 1. The topological polar surface area (TPSA) is 84.9 Å². The van der Waals surface area contributed by atoms with E-state index in [1.165, 1.54) is 5.56 Å². The lowest BCUT2D eigenvalue weighted by Gasteiger charge is -2.13. The number of rotatable bonds is 9. The summed E-state index contributed by atoms with van der Waals surface area (Å²) in [5.41, 5.74) is 1.98. The van der Waals surface area contributed by atoms with Crippen LogP contribution < -0.4 is 14.8 Å². The van der Waals surface area contributed by atoms with Gasteiger partial charge in [-0.2, -0.15) is 0 Å². The van der Waals surface area contributed by atoms with Gasteiger partial charge in [0.05, 0.1) is 12.0 Å². The zero-order valence-corrected chi connectivity index (χ0v) is 18.2. The van der Waals surface area contributed by atoms with Crippen LogP contribution in [0.3, 0.4) is 0 Å². The number of nitrogens with zero attached hydrogens (tertiary/aromatic N) is 1. The molecular weight excluding hydrogens is 416 g/mol. The molecule has 1 fully saturated rings. The van der Waals surface area contributed by atoms with Crippen LogP contribution in [0, 0.1) is 0 Å². The SMILES string of the molecule is CCc1ccc(OCC(=O)NCCN2C(=O)S/C(=C/c3ccc(OC)cc3)C2=O)cc1. The predicted molar refractivity (Wildman–Crippen MR) is 120 cm³/mol. The van der Waals surface area contributed by atoms with Crippen molar-refractivity contribution in [3.63, 3.8) is 0 Å². The van der Waals surface area contributed by atoms with E-state index in [-0.39, 0.29) is 36.7 Å². The van der Waals surface area contributed by atoms with Crippen LogP contribution in [-0.4, -0.2) is 48.8 Å². The maximum absolute atomic E-state index is 12.5. The molecule has 1 saturated heterocycles. The van der Waals surface area contributed by atoms with Crippen LogP contribution >= 0.6 is 11.8 Å². The van der Waals surface area contributed by atoms with Crippen LogP contribution in [0.2, 0.25) is 0 Å². The lowest BCUT2D eigenvalue weighted by Crippen LogP contribution is -2.38. The molecule has 0 unspecified atom stereocenters. The van der Waals surface area contributed by atoms with E-state index in [0.29, 0.717) is 16.4 Å². The molecule has 1 aliphatic heterocycles. The van der Waals surface area contributed by atoms with Gasteiger partial charge in [-0.3, -0.25) is 19.3 Å².